The number of rotatable bonds is 3. The summed E-state index contributed by atoms with van der Waals surface area (Å²) in [7, 11) is 1.82. The van der Waals surface area contributed by atoms with E-state index in [1.54, 1.807) is 12.1 Å². The molecule has 90 valence electrons. The minimum absolute atomic E-state index is 0.103. The van der Waals surface area contributed by atoms with E-state index >= 15 is 0 Å². The molecule has 0 radical (unpaired) electrons. The Hall–Kier alpha value is -2.54. The first-order valence-corrected chi connectivity index (χ1v) is 5.38. The van der Waals surface area contributed by atoms with Crippen LogP contribution in [0.5, 0.6) is 11.5 Å². The molecule has 1 N–H and O–H groups in total. The Kier molecular flexibility index (Phi) is 3.44. The quantitative estimate of drug-likeness (QED) is 0.895. The summed E-state index contributed by atoms with van der Waals surface area (Å²) in [6.45, 7) is 0. The largest absolute Gasteiger partial charge is 0.454 e. The van der Waals surface area contributed by atoms with Crippen LogP contribution in [0.3, 0.4) is 0 Å². The lowest BCUT2D eigenvalue weighted by molar-refractivity contribution is 0.442. The van der Waals surface area contributed by atoms with E-state index in [-0.39, 0.29) is 11.3 Å². The first kappa shape index (κ1) is 11.9. The van der Waals surface area contributed by atoms with Crippen LogP contribution < -0.4 is 10.1 Å². The first-order valence-electron chi connectivity index (χ1n) is 5.38. The fourth-order valence-corrected chi connectivity index (χ4v) is 1.47. The summed E-state index contributed by atoms with van der Waals surface area (Å²) in [5.74, 6) is 0.0931. The zero-order valence-corrected chi connectivity index (χ0v) is 9.77. The molecule has 0 heterocycles. The second-order valence-electron chi connectivity index (χ2n) is 3.63. The third kappa shape index (κ3) is 2.58. The molecule has 2 aromatic rings. The number of halogens is 1. The van der Waals surface area contributed by atoms with Gasteiger partial charge in [-0.3, -0.25) is 0 Å². The summed E-state index contributed by atoms with van der Waals surface area (Å²) in [6, 6.07) is 13.1. The summed E-state index contributed by atoms with van der Waals surface area (Å²) < 4.78 is 19.0. The Morgan fingerprint density at radius 3 is 2.44 bits per heavy atom. The fraction of sp³-hybridized carbons (Fsp3) is 0.0714. The van der Waals surface area contributed by atoms with Gasteiger partial charge in [-0.15, -0.1) is 0 Å². The molecule has 0 bridgehead atoms. The van der Waals surface area contributed by atoms with Gasteiger partial charge in [-0.2, -0.15) is 5.26 Å². The lowest BCUT2D eigenvalue weighted by Gasteiger charge is -2.07. The van der Waals surface area contributed by atoms with Crippen molar-refractivity contribution < 1.29 is 9.13 Å². The van der Waals surface area contributed by atoms with Crippen LogP contribution in [0, 0.1) is 17.1 Å². The topological polar surface area (TPSA) is 45.0 Å². The molecule has 0 amide bonds. The van der Waals surface area contributed by atoms with Crippen LogP contribution in [0.4, 0.5) is 10.1 Å². The Morgan fingerprint density at radius 1 is 1.17 bits per heavy atom. The van der Waals surface area contributed by atoms with Crippen LogP contribution in [0.15, 0.2) is 42.5 Å². The van der Waals surface area contributed by atoms with Crippen LogP contribution in [0.1, 0.15) is 5.56 Å². The van der Waals surface area contributed by atoms with Crippen molar-refractivity contribution in [2.24, 2.45) is 0 Å². The number of nitrogens with zero attached hydrogens (tertiary/aromatic N) is 1. The lowest BCUT2D eigenvalue weighted by atomic mass is 10.2. The van der Waals surface area contributed by atoms with Crippen molar-refractivity contribution in [3.63, 3.8) is 0 Å². The predicted octanol–water partition coefficient (Wildman–Crippen LogP) is 3.53. The van der Waals surface area contributed by atoms with Crippen LogP contribution in [0.25, 0.3) is 0 Å². The van der Waals surface area contributed by atoms with E-state index in [2.05, 4.69) is 5.32 Å². The van der Waals surface area contributed by atoms with E-state index in [1.165, 1.54) is 12.1 Å². The molecular weight excluding hydrogens is 231 g/mol. The van der Waals surface area contributed by atoms with Crippen LogP contribution in [-0.2, 0) is 0 Å². The molecule has 0 spiro atoms. The summed E-state index contributed by atoms with van der Waals surface area (Å²) in [4.78, 5) is 0. The van der Waals surface area contributed by atoms with Crippen molar-refractivity contribution in [3.8, 4) is 17.6 Å². The van der Waals surface area contributed by atoms with E-state index < -0.39 is 5.82 Å². The van der Waals surface area contributed by atoms with Gasteiger partial charge in [-0.25, -0.2) is 4.39 Å². The smallest absolute Gasteiger partial charge is 0.167 e. The van der Waals surface area contributed by atoms with E-state index in [0.29, 0.717) is 5.75 Å². The summed E-state index contributed by atoms with van der Waals surface area (Å²) in [5.41, 5.74) is 1.22. The van der Waals surface area contributed by atoms with Gasteiger partial charge in [0.05, 0.1) is 11.6 Å². The normalized spacial score (nSPS) is 9.61. The van der Waals surface area contributed by atoms with Crippen molar-refractivity contribution in [2.75, 3.05) is 12.4 Å². The van der Waals surface area contributed by atoms with Crippen LogP contribution in [0.2, 0.25) is 0 Å². The zero-order chi connectivity index (χ0) is 13.0. The number of ether oxygens (including phenoxy) is 1. The highest BCUT2D eigenvalue weighted by Gasteiger charge is 2.05. The Morgan fingerprint density at radius 2 is 1.89 bits per heavy atom. The van der Waals surface area contributed by atoms with Gasteiger partial charge in [-0.05, 0) is 42.5 Å². The zero-order valence-electron chi connectivity index (χ0n) is 9.77. The number of hydrogen-bond acceptors (Lipinski definition) is 3. The molecule has 18 heavy (non-hydrogen) atoms. The average Bonchev–Trinajstić information content (AvgIpc) is 2.42. The molecule has 0 saturated carbocycles. The number of anilines is 1. The molecule has 0 aliphatic heterocycles. The average molecular weight is 242 g/mol. The fourth-order valence-electron chi connectivity index (χ4n) is 1.47. The monoisotopic (exact) mass is 242 g/mol. The maximum absolute atomic E-state index is 13.6. The highest BCUT2D eigenvalue weighted by molar-refractivity contribution is 5.47. The first-order chi connectivity index (χ1) is 8.72. The second kappa shape index (κ2) is 5.19. The lowest BCUT2D eigenvalue weighted by Crippen LogP contribution is -1.91. The molecule has 0 aliphatic rings. The van der Waals surface area contributed by atoms with Gasteiger partial charge < -0.3 is 10.1 Å². The summed E-state index contributed by atoms with van der Waals surface area (Å²) in [5, 5.41) is 11.6. The predicted molar refractivity (Wildman–Crippen MR) is 67.2 cm³/mol. The van der Waals surface area contributed by atoms with Gasteiger partial charge in [-0.1, -0.05) is 0 Å². The molecule has 0 aliphatic carbocycles. The molecule has 2 aromatic carbocycles. The summed E-state index contributed by atoms with van der Waals surface area (Å²) in [6.07, 6.45) is 0. The van der Waals surface area contributed by atoms with Crippen molar-refractivity contribution in [1.82, 2.24) is 0 Å². The van der Waals surface area contributed by atoms with Crippen LogP contribution >= 0.6 is 0 Å². The Balaban J connectivity index is 2.20. The molecule has 0 unspecified atom stereocenters. The minimum atomic E-state index is -0.549. The molecule has 0 saturated heterocycles. The highest BCUT2D eigenvalue weighted by atomic mass is 19.1. The number of benzene rings is 2. The maximum atomic E-state index is 13.6. The third-order valence-electron chi connectivity index (χ3n) is 2.43. The van der Waals surface area contributed by atoms with Crippen molar-refractivity contribution in [1.29, 1.82) is 5.26 Å². The van der Waals surface area contributed by atoms with Gasteiger partial charge >= 0.3 is 0 Å². The summed E-state index contributed by atoms with van der Waals surface area (Å²) >= 11 is 0. The molecular formula is C14H11FN2O. The van der Waals surface area contributed by atoms with Gasteiger partial charge in [0.1, 0.15) is 5.75 Å². The second-order valence-corrected chi connectivity index (χ2v) is 3.63. The van der Waals surface area contributed by atoms with E-state index in [9.17, 15) is 4.39 Å². The SMILES string of the molecule is CNc1ccc(Oc2ccc(C#N)cc2F)cc1. The minimum Gasteiger partial charge on any atom is -0.454 e. The van der Waals surface area contributed by atoms with Gasteiger partial charge in [0.15, 0.2) is 11.6 Å². The molecule has 0 aromatic heterocycles. The van der Waals surface area contributed by atoms with Gasteiger partial charge in [0.2, 0.25) is 0 Å². The van der Waals surface area contributed by atoms with Gasteiger partial charge in [0.25, 0.3) is 0 Å². The highest BCUT2D eigenvalue weighted by Crippen LogP contribution is 2.25. The van der Waals surface area contributed by atoms with Gasteiger partial charge in [0, 0.05) is 12.7 Å². The van der Waals surface area contributed by atoms with Crippen LogP contribution in [-0.4, -0.2) is 7.05 Å². The van der Waals surface area contributed by atoms with Crippen molar-refractivity contribution in [3.05, 3.63) is 53.8 Å². The van der Waals surface area contributed by atoms with E-state index in [4.69, 9.17) is 10.00 Å². The van der Waals surface area contributed by atoms with E-state index in [1.807, 2.05) is 25.2 Å². The van der Waals surface area contributed by atoms with Crippen molar-refractivity contribution in [2.45, 2.75) is 0 Å². The Bertz CT molecular complexity index is 588. The Labute approximate surface area is 104 Å². The molecule has 3 nitrogen and oxygen atoms in total. The third-order valence-corrected chi connectivity index (χ3v) is 2.43. The molecule has 0 atom stereocenters. The molecule has 0 fully saturated rings. The molecule has 4 heteroatoms. The number of hydrogen-bond donors (Lipinski definition) is 1. The molecule has 2 rings (SSSR count). The standard InChI is InChI=1S/C14H11FN2O/c1-17-11-3-5-12(6-4-11)18-14-7-2-10(9-16)8-13(14)15/h2-8,17H,1H3. The number of nitriles is 1. The maximum Gasteiger partial charge on any atom is 0.167 e. The van der Waals surface area contributed by atoms with E-state index in [0.717, 1.165) is 11.8 Å². The number of nitrogens with one attached hydrogen (secondary N) is 1. The van der Waals surface area contributed by atoms with Crippen molar-refractivity contribution >= 4 is 5.69 Å².